The Kier molecular flexibility index (Phi) is 10.4. The Morgan fingerprint density at radius 2 is 1.88 bits per heavy atom. The fourth-order valence-corrected chi connectivity index (χ4v) is 4.80. The second-order valence-electron chi connectivity index (χ2n) is 9.99. The van der Waals surface area contributed by atoms with Crippen LogP contribution in [0.2, 0.25) is 0 Å². The van der Waals surface area contributed by atoms with Crippen molar-refractivity contribution in [3.8, 4) is 5.88 Å². The molecular formula is C24H42N3O4S+. The van der Waals surface area contributed by atoms with Crippen molar-refractivity contribution in [3.05, 3.63) is 11.8 Å². The summed E-state index contributed by atoms with van der Waals surface area (Å²) >= 11 is 1.19. The van der Waals surface area contributed by atoms with Crippen LogP contribution in [-0.4, -0.2) is 59.0 Å². The van der Waals surface area contributed by atoms with Gasteiger partial charge in [-0.05, 0) is 12.8 Å². The molecule has 0 spiro atoms. The third-order valence-electron chi connectivity index (χ3n) is 5.79. The third kappa shape index (κ3) is 7.73. The lowest BCUT2D eigenvalue weighted by Crippen LogP contribution is -2.61. The predicted molar refractivity (Wildman–Crippen MR) is 129 cm³/mol. The number of hydrogen-bond acceptors (Lipinski definition) is 7. The van der Waals surface area contributed by atoms with Gasteiger partial charge in [-0.3, -0.25) is 4.48 Å². The lowest BCUT2D eigenvalue weighted by Gasteiger charge is -2.47. The molecule has 2 heterocycles. The summed E-state index contributed by atoms with van der Waals surface area (Å²) in [6.45, 7) is 13.2. The van der Waals surface area contributed by atoms with E-state index in [4.69, 9.17) is 14.2 Å². The predicted octanol–water partition coefficient (Wildman–Crippen LogP) is 6.06. The second-order valence-corrected chi connectivity index (χ2v) is 10.5. The van der Waals surface area contributed by atoms with E-state index in [2.05, 4.69) is 56.5 Å². The second kappa shape index (κ2) is 12.5. The monoisotopic (exact) mass is 468 g/mol. The van der Waals surface area contributed by atoms with Gasteiger partial charge in [-0.15, -0.1) is 4.37 Å². The fourth-order valence-electron chi connectivity index (χ4n) is 4.27. The molecule has 0 bridgehead atoms. The van der Waals surface area contributed by atoms with Crippen molar-refractivity contribution < 1.29 is 23.5 Å². The van der Waals surface area contributed by atoms with Gasteiger partial charge in [-0.25, -0.2) is 4.79 Å². The molecule has 32 heavy (non-hydrogen) atoms. The van der Waals surface area contributed by atoms with Crippen LogP contribution >= 0.6 is 11.7 Å². The molecule has 1 aromatic heterocycles. The van der Waals surface area contributed by atoms with Gasteiger partial charge in [0.2, 0.25) is 6.23 Å². The molecule has 0 saturated carbocycles. The highest BCUT2D eigenvalue weighted by Crippen LogP contribution is 2.37. The van der Waals surface area contributed by atoms with Gasteiger partial charge in [-0.1, -0.05) is 66.4 Å². The van der Waals surface area contributed by atoms with E-state index in [1.54, 1.807) is 0 Å². The van der Waals surface area contributed by atoms with Crippen molar-refractivity contribution in [2.45, 2.75) is 85.8 Å². The fraction of sp³-hybridized carbons (Fsp3) is 0.792. The van der Waals surface area contributed by atoms with E-state index in [-0.39, 0.29) is 11.6 Å². The van der Waals surface area contributed by atoms with Gasteiger partial charge in [0.05, 0.1) is 43.9 Å². The van der Waals surface area contributed by atoms with Gasteiger partial charge >= 0.3 is 6.16 Å². The molecule has 7 nitrogen and oxygen atoms in total. The number of aromatic nitrogens is 2. The summed E-state index contributed by atoms with van der Waals surface area (Å²) in [5.74, 6) is 0.624. The van der Waals surface area contributed by atoms with Crippen molar-refractivity contribution >= 4 is 23.5 Å². The first-order chi connectivity index (χ1) is 15.2. The van der Waals surface area contributed by atoms with E-state index in [0.29, 0.717) is 30.1 Å². The molecule has 0 radical (unpaired) electrons. The van der Waals surface area contributed by atoms with Crippen LogP contribution in [0.15, 0.2) is 6.08 Å². The van der Waals surface area contributed by atoms with E-state index in [1.807, 2.05) is 0 Å². The number of rotatable bonds is 12. The van der Waals surface area contributed by atoms with Crippen molar-refractivity contribution in [2.75, 3.05) is 33.4 Å². The molecule has 0 fully saturated rings. The molecule has 0 saturated heterocycles. The maximum Gasteiger partial charge on any atom is 0.512 e. The summed E-state index contributed by atoms with van der Waals surface area (Å²) in [6, 6.07) is 0. The molecule has 182 valence electrons. The lowest BCUT2D eigenvalue weighted by molar-refractivity contribution is -0.954. The molecule has 0 amide bonds. The molecule has 0 N–H and O–H groups in total. The van der Waals surface area contributed by atoms with Gasteiger partial charge in [-0.2, -0.15) is 4.37 Å². The average molecular weight is 469 g/mol. The third-order valence-corrected chi connectivity index (χ3v) is 6.31. The Balaban J connectivity index is 2.10. The zero-order valence-electron chi connectivity index (χ0n) is 20.8. The molecule has 2 atom stereocenters. The quantitative estimate of drug-likeness (QED) is 0.211. The molecule has 8 heteroatoms. The van der Waals surface area contributed by atoms with Crippen molar-refractivity contribution in [1.82, 2.24) is 8.75 Å². The normalized spacial score (nSPS) is 19.9. The van der Waals surface area contributed by atoms with E-state index in [0.717, 1.165) is 43.5 Å². The highest BCUT2D eigenvalue weighted by atomic mass is 32.1. The smallest absolute Gasteiger partial charge is 0.475 e. The van der Waals surface area contributed by atoms with Crippen LogP contribution in [0.4, 0.5) is 4.79 Å². The molecule has 2 unspecified atom stereocenters. The molecular weight excluding hydrogens is 426 g/mol. The minimum absolute atomic E-state index is 0.250. The van der Waals surface area contributed by atoms with Gasteiger partial charge in [0.15, 0.2) is 0 Å². The lowest BCUT2D eigenvalue weighted by atomic mass is 9.90. The topological polar surface area (TPSA) is 70.5 Å². The maximum absolute atomic E-state index is 12.4. The van der Waals surface area contributed by atoms with Gasteiger partial charge < -0.3 is 14.2 Å². The Morgan fingerprint density at radius 3 is 2.56 bits per heavy atom. The molecule has 1 aliphatic rings. The SMILES string of the molecule is CCCCCCOc1nsnc1C1=CCC[N+](C)(C(OC(=O)OCCCC)C(C)(C)C)C1. The van der Waals surface area contributed by atoms with E-state index < -0.39 is 6.16 Å². The highest BCUT2D eigenvalue weighted by molar-refractivity contribution is 6.99. The standard InChI is InChI=1S/C24H42N3O4S/c1-7-9-11-12-17-29-21-20(25-32-26-21)19-14-13-15-27(6,18-19)22(24(3,4)5)31-23(28)30-16-10-8-2/h14,22H,7-13,15-18H2,1-6H3/q+1. The minimum Gasteiger partial charge on any atom is -0.475 e. The molecule has 1 aromatic rings. The number of ether oxygens (including phenoxy) is 3. The number of hydrogen-bond donors (Lipinski definition) is 0. The minimum atomic E-state index is -0.583. The summed E-state index contributed by atoms with van der Waals surface area (Å²) in [5.41, 5.74) is 1.68. The first-order valence-corrected chi connectivity index (χ1v) is 12.8. The number of carbonyl (C=O) groups is 1. The van der Waals surface area contributed by atoms with E-state index in [9.17, 15) is 4.79 Å². The Labute approximate surface area is 198 Å². The maximum atomic E-state index is 12.4. The first kappa shape index (κ1) is 26.6. The van der Waals surface area contributed by atoms with E-state index >= 15 is 0 Å². The Morgan fingerprint density at radius 1 is 1.12 bits per heavy atom. The van der Waals surface area contributed by atoms with Crippen LogP contribution in [0, 0.1) is 5.41 Å². The van der Waals surface area contributed by atoms with Gasteiger partial charge in [0, 0.05) is 12.0 Å². The van der Waals surface area contributed by atoms with Crippen molar-refractivity contribution in [2.24, 2.45) is 5.41 Å². The largest absolute Gasteiger partial charge is 0.512 e. The number of quaternary nitrogens is 1. The number of unbranched alkanes of at least 4 members (excludes halogenated alkanes) is 4. The van der Waals surface area contributed by atoms with Gasteiger partial charge in [0.25, 0.3) is 5.88 Å². The zero-order chi connectivity index (χ0) is 23.6. The van der Waals surface area contributed by atoms with Crippen molar-refractivity contribution in [1.29, 1.82) is 0 Å². The van der Waals surface area contributed by atoms with Crippen molar-refractivity contribution in [3.63, 3.8) is 0 Å². The van der Waals surface area contributed by atoms with Gasteiger partial charge in [0.1, 0.15) is 12.2 Å². The van der Waals surface area contributed by atoms with Crippen LogP contribution in [0.1, 0.15) is 85.3 Å². The highest BCUT2D eigenvalue weighted by Gasteiger charge is 2.46. The Bertz CT molecular complexity index is 744. The average Bonchev–Trinajstić information content (AvgIpc) is 3.20. The van der Waals surface area contributed by atoms with Crippen LogP contribution < -0.4 is 4.74 Å². The number of carbonyl (C=O) groups excluding carboxylic acids is 1. The summed E-state index contributed by atoms with van der Waals surface area (Å²) in [7, 11) is 2.15. The molecule has 1 aliphatic heterocycles. The van der Waals surface area contributed by atoms with E-state index in [1.165, 1.54) is 31.0 Å². The van der Waals surface area contributed by atoms with Crippen LogP contribution in [-0.2, 0) is 9.47 Å². The first-order valence-electron chi connectivity index (χ1n) is 12.0. The summed E-state index contributed by atoms with van der Waals surface area (Å²) in [6.07, 6.45) is 8.61. The Hall–Kier alpha value is -1.67. The van der Waals surface area contributed by atoms with Crippen LogP contribution in [0.5, 0.6) is 5.88 Å². The number of likely N-dealkylation sites (N-methyl/N-ethyl adjacent to an activating group) is 1. The van der Waals surface area contributed by atoms with Crippen LogP contribution in [0.3, 0.4) is 0 Å². The summed E-state index contributed by atoms with van der Waals surface area (Å²) in [5, 5.41) is 0. The summed E-state index contributed by atoms with van der Waals surface area (Å²) < 4.78 is 26.7. The molecule has 0 aliphatic carbocycles. The molecule has 2 rings (SSSR count). The summed E-state index contributed by atoms with van der Waals surface area (Å²) in [4.78, 5) is 12.4. The molecule has 0 aromatic carbocycles. The van der Waals surface area contributed by atoms with Crippen LogP contribution in [0.25, 0.3) is 5.57 Å². The zero-order valence-corrected chi connectivity index (χ0v) is 21.6. The number of nitrogens with zero attached hydrogens (tertiary/aromatic N) is 3.